The monoisotopic (exact) mass is 513 g/mol. The summed E-state index contributed by atoms with van der Waals surface area (Å²) >= 11 is 1.30. The summed E-state index contributed by atoms with van der Waals surface area (Å²) in [6.07, 6.45) is -0.259. The quantitative estimate of drug-likeness (QED) is 0.654. The van der Waals surface area contributed by atoms with Crippen LogP contribution in [-0.4, -0.2) is 61.8 Å². The molecular weight excluding hydrogens is 487 g/mol. The van der Waals surface area contributed by atoms with Gasteiger partial charge < -0.3 is 15.5 Å². The molecule has 2 N–H and O–H groups in total. The Morgan fingerprint density at radius 1 is 1.31 bits per heavy atom. The van der Waals surface area contributed by atoms with Crippen LogP contribution in [0.5, 0.6) is 0 Å². The van der Waals surface area contributed by atoms with Gasteiger partial charge in [0.25, 0.3) is 0 Å². The zero-order valence-corrected chi connectivity index (χ0v) is 20.7. The molecule has 1 amide bonds. The third kappa shape index (κ3) is 5.37. The molecule has 10 heteroatoms. The highest BCUT2D eigenvalue weighted by molar-refractivity contribution is 7.12. The van der Waals surface area contributed by atoms with E-state index in [1.807, 2.05) is 19.0 Å². The predicted molar refractivity (Wildman–Crippen MR) is 134 cm³/mol. The molecule has 4 rings (SSSR count). The number of nitrogens with zero attached hydrogens (tertiary/aromatic N) is 4. The Morgan fingerprint density at radius 2 is 2.06 bits per heavy atom. The smallest absolute Gasteiger partial charge is 0.394 e. The maximum atomic E-state index is 13.8. The summed E-state index contributed by atoms with van der Waals surface area (Å²) in [6, 6.07) is 10.7. The summed E-state index contributed by atoms with van der Waals surface area (Å²) in [5.74, 6) is -0.802. The minimum absolute atomic E-state index is 0.187. The predicted octanol–water partition coefficient (Wildman–Crippen LogP) is 4.14. The summed E-state index contributed by atoms with van der Waals surface area (Å²) in [6.45, 7) is 1.37. The third-order valence-corrected chi connectivity index (χ3v) is 7.31. The van der Waals surface area contributed by atoms with Crippen molar-refractivity contribution in [3.63, 3.8) is 0 Å². The van der Waals surface area contributed by atoms with E-state index in [1.165, 1.54) is 23.6 Å². The number of carbonyl (C=O) groups excluding carboxylic acids is 1. The van der Waals surface area contributed by atoms with E-state index in [4.69, 9.17) is 5.73 Å². The van der Waals surface area contributed by atoms with Gasteiger partial charge in [0.2, 0.25) is 5.91 Å². The SMILES string of the molecule is CN(C)CC1/C=C/C(=O)N2Cc3sc(C#N)cc3[C@@H](C2)c2ccccc2/C(=C(/N)C(F)(F)F)C=NC1. The largest absolute Gasteiger partial charge is 0.431 e. The van der Waals surface area contributed by atoms with Crippen LogP contribution in [0.4, 0.5) is 13.2 Å². The van der Waals surface area contributed by atoms with Crippen molar-refractivity contribution >= 4 is 29.0 Å². The standard InChI is InChI=1S/C26H26F3N5OS/c1-33(2)13-16-7-8-24(35)34-14-22(20-9-17(10-30)36-23(20)15-34)19-6-4-3-5-18(19)21(12-32-11-16)25(31)26(27,28)29/h3-9,12,16,22H,11,13-15,31H2,1-2H3/b8-7+,25-21+,32-12?/t16?,22-/m0/s1. The first-order valence-corrected chi connectivity index (χ1v) is 12.2. The lowest BCUT2D eigenvalue weighted by Gasteiger charge is -2.33. The number of rotatable bonds is 2. The van der Waals surface area contributed by atoms with Crippen molar-refractivity contribution in [3.05, 3.63) is 74.6 Å². The minimum atomic E-state index is -4.75. The van der Waals surface area contributed by atoms with E-state index in [2.05, 4.69) is 11.1 Å². The molecule has 2 atom stereocenters. The zero-order valence-electron chi connectivity index (χ0n) is 19.9. The van der Waals surface area contributed by atoms with Crippen LogP contribution < -0.4 is 5.73 Å². The Bertz CT molecular complexity index is 1290. The van der Waals surface area contributed by atoms with Crippen molar-refractivity contribution in [2.75, 3.05) is 33.7 Å². The first-order chi connectivity index (χ1) is 17.1. The number of allylic oxidation sites excluding steroid dienone is 2. The molecule has 188 valence electrons. The number of fused-ring (bicyclic) bond motifs is 6. The van der Waals surface area contributed by atoms with Crippen molar-refractivity contribution < 1.29 is 18.0 Å². The van der Waals surface area contributed by atoms with E-state index in [0.717, 1.165) is 10.4 Å². The number of hydrogen-bond donors (Lipinski definition) is 1. The van der Waals surface area contributed by atoms with Crippen LogP contribution in [0.2, 0.25) is 0 Å². The average Bonchev–Trinajstić information content (AvgIpc) is 3.26. The number of alkyl halides is 3. The Morgan fingerprint density at radius 3 is 2.75 bits per heavy atom. The van der Waals surface area contributed by atoms with Gasteiger partial charge in [-0.2, -0.15) is 18.4 Å². The van der Waals surface area contributed by atoms with Gasteiger partial charge in [0, 0.05) is 48.1 Å². The van der Waals surface area contributed by atoms with Crippen LogP contribution in [0.3, 0.4) is 0 Å². The molecule has 3 heterocycles. The Balaban J connectivity index is 1.95. The number of benzene rings is 1. The van der Waals surface area contributed by atoms with Gasteiger partial charge >= 0.3 is 6.18 Å². The molecule has 0 saturated heterocycles. The van der Waals surface area contributed by atoms with E-state index in [0.29, 0.717) is 29.1 Å². The van der Waals surface area contributed by atoms with Crippen LogP contribution in [0, 0.1) is 17.2 Å². The number of halogens is 3. The number of amides is 1. The van der Waals surface area contributed by atoms with Crippen LogP contribution in [0.25, 0.3) is 5.57 Å². The fourth-order valence-electron chi connectivity index (χ4n) is 4.64. The van der Waals surface area contributed by atoms with Crippen LogP contribution in [0.1, 0.15) is 32.4 Å². The molecule has 1 unspecified atom stereocenters. The van der Waals surface area contributed by atoms with E-state index in [9.17, 15) is 23.2 Å². The minimum Gasteiger partial charge on any atom is -0.394 e. The van der Waals surface area contributed by atoms with Crippen molar-refractivity contribution in [2.45, 2.75) is 18.6 Å². The van der Waals surface area contributed by atoms with Gasteiger partial charge in [-0.05, 0) is 42.9 Å². The zero-order chi connectivity index (χ0) is 26.0. The first-order valence-electron chi connectivity index (χ1n) is 11.4. The number of carbonyl (C=O) groups is 1. The average molecular weight is 514 g/mol. The maximum Gasteiger partial charge on any atom is 0.431 e. The second kappa shape index (κ2) is 10.3. The summed E-state index contributed by atoms with van der Waals surface area (Å²) in [5.41, 5.74) is 6.00. The normalized spacial score (nSPS) is 22.6. The molecule has 2 bridgehead atoms. The molecule has 1 aromatic carbocycles. The lowest BCUT2D eigenvalue weighted by atomic mass is 9.83. The summed E-state index contributed by atoms with van der Waals surface area (Å²) in [4.78, 5) is 22.5. The summed E-state index contributed by atoms with van der Waals surface area (Å²) in [5, 5.41) is 9.49. The number of thiophene rings is 1. The lowest BCUT2D eigenvalue weighted by Crippen LogP contribution is -2.37. The number of hydrogen-bond acceptors (Lipinski definition) is 6. The molecular formula is C26H26F3N5OS. The van der Waals surface area contributed by atoms with E-state index < -0.39 is 17.8 Å². The van der Waals surface area contributed by atoms with Gasteiger partial charge in [0.1, 0.15) is 16.6 Å². The molecule has 36 heavy (non-hydrogen) atoms. The second-order valence-corrected chi connectivity index (χ2v) is 10.3. The Hall–Kier alpha value is -3.42. The highest BCUT2D eigenvalue weighted by Gasteiger charge is 2.37. The molecule has 1 aromatic heterocycles. The molecule has 0 saturated carbocycles. The lowest BCUT2D eigenvalue weighted by molar-refractivity contribution is -0.127. The van der Waals surface area contributed by atoms with Crippen molar-refractivity contribution in [2.24, 2.45) is 16.6 Å². The first kappa shape index (κ1) is 25.7. The molecule has 6 nitrogen and oxygen atoms in total. The fourth-order valence-corrected chi connectivity index (χ4v) is 5.68. The Labute approximate surface area is 211 Å². The van der Waals surface area contributed by atoms with Gasteiger partial charge in [-0.1, -0.05) is 30.3 Å². The number of aliphatic imine (C=N–C) groups is 1. The maximum absolute atomic E-state index is 13.8. The van der Waals surface area contributed by atoms with Crippen LogP contribution in [-0.2, 0) is 11.3 Å². The van der Waals surface area contributed by atoms with Gasteiger partial charge in [-0.25, -0.2) is 0 Å². The highest BCUT2D eigenvalue weighted by atomic mass is 32.1. The van der Waals surface area contributed by atoms with Gasteiger partial charge in [0.05, 0.1) is 6.54 Å². The van der Waals surface area contributed by atoms with Crippen molar-refractivity contribution in [1.82, 2.24) is 9.80 Å². The van der Waals surface area contributed by atoms with E-state index >= 15 is 0 Å². The topological polar surface area (TPSA) is 85.7 Å². The van der Waals surface area contributed by atoms with Crippen LogP contribution in [0.15, 0.2) is 53.2 Å². The molecule has 2 aromatic rings. The van der Waals surface area contributed by atoms with Crippen molar-refractivity contribution in [3.8, 4) is 6.07 Å². The molecule has 2 aliphatic heterocycles. The molecule has 0 fully saturated rings. The Kier molecular flexibility index (Phi) is 7.33. The third-order valence-electron chi connectivity index (χ3n) is 6.27. The van der Waals surface area contributed by atoms with E-state index in [1.54, 1.807) is 41.3 Å². The van der Waals surface area contributed by atoms with Gasteiger partial charge in [0.15, 0.2) is 0 Å². The van der Waals surface area contributed by atoms with E-state index in [-0.39, 0.29) is 30.5 Å². The second-order valence-electron chi connectivity index (χ2n) is 9.16. The number of nitrogens with two attached hydrogens (primary N) is 1. The number of nitriles is 1. The van der Waals surface area contributed by atoms with Crippen molar-refractivity contribution in [1.29, 1.82) is 5.26 Å². The molecule has 0 spiro atoms. The molecule has 2 aliphatic rings. The fraction of sp³-hybridized carbons (Fsp3) is 0.346. The van der Waals surface area contributed by atoms with Gasteiger partial charge in [-0.15, -0.1) is 11.3 Å². The summed E-state index contributed by atoms with van der Waals surface area (Å²) in [7, 11) is 3.76. The highest BCUT2D eigenvalue weighted by Crippen LogP contribution is 2.41. The molecule has 0 radical (unpaired) electrons. The molecule has 0 aliphatic carbocycles. The summed E-state index contributed by atoms with van der Waals surface area (Å²) < 4.78 is 41.5. The van der Waals surface area contributed by atoms with Gasteiger partial charge in [-0.3, -0.25) is 9.79 Å². The van der Waals surface area contributed by atoms with Crippen LogP contribution >= 0.6 is 11.3 Å².